The van der Waals surface area contributed by atoms with Crippen LogP contribution in [0.15, 0.2) is 48.5 Å². The lowest BCUT2D eigenvalue weighted by Crippen LogP contribution is -2.38. The van der Waals surface area contributed by atoms with Gasteiger partial charge in [-0.3, -0.25) is 9.59 Å². The van der Waals surface area contributed by atoms with Crippen molar-refractivity contribution in [1.82, 2.24) is 5.06 Å². The van der Waals surface area contributed by atoms with Gasteiger partial charge in [-0.05, 0) is 24.3 Å². The molecule has 0 atom stereocenters. The Labute approximate surface area is 140 Å². The van der Waals surface area contributed by atoms with Gasteiger partial charge in [0.05, 0.1) is 18.2 Å². The van der Waals surface area contributed by atoms with Crippen LogP contribution in [0, 0.1) is 0 Å². The first-order valence-corrected chi connectivity index (χ1v) is 7.09. The third-order valence-electron chi connectivity index (χ3n) is 3.62. The number of fused-ring (bicyclic) bond motifs is 1. The van der Waals surface area contributed by atoms with Gasteiger partial charge in [-0.2, -0.15) is 8.78 Å². The van der Waals surface area contributed by atoms with E-state index in [9.17, 15) is 23.2 Å². The van der Waals surface area contributed by atoms with E-state index < -0.39 is 29.3 Å². The minimum absolute atomic E-state index is 0.0232. The van der Waals surface area contributed by atoms with Crippen molar-refractivity contribution in [3.05, 3.63) is 65.2 Å². The minimum Gasteiger partial charge on any atom is -0.497 e. The fourth-order valence-electron chi connectivity index (χ4n) is 2.33. The summed E-state index contributed by atoms with van der Waals surface area (Å²) in [5.41, 5.74) is -0.733. The molecule has 6 nitrogen and oxygen atoms in total. The van der Waals surface area contributed by atoms with Crippen LogP contribution in [0.2, 0.25) is 0 Å². The molecular weight excluding hydrogens is 336 g/mol. The van der Waals surface area contributed by atoms with E-state index in [1.807, 2.05) is 0 Å². The first-order valence-electron chi connectivity index (χ1n) is 7.09. The molecule has 0 aromatic heterocycles. The topological polar surface area (TPSA) is 72.9 Å². The Morgan fingerprint density at radius 1 is 1.00 bits per heavy atom. The van der Waals surface area contributed by atoms with Crippen molar-refractivity contribution in [2.24, 2.45) is 0 Å². The quantitative estimate of drug-likeness (QED) is 0.795. The van der Waals surface area contributed by atoms with Gasteiger partial charge in [0.25, 0.3) is 11.8 Å². The van der Waals surface area contributed by atoms with Gasteiger partial charge >= 0.3 is 11.9 Å². The molecule has 25 heavy (non-hydrogen) atoms. The molecule has 0 bridgehead atoms. The van der Waals surface area contributed by atoms with Gasteiger partial charge in [0.2, 0.25) is 0 Å². The maximum absolute atomic E-state index is 14.3. The van der Waals surface area contributed by atoms with E-state index in [0.29, 0.717) is 0 Å². The molecule has 2 amide bonds. The number of ether oxygens (including phenoxy) is 1. The van der Waals surface area contributed by atoms with Crippen molar-refractivity contribution < 1.29 is 32.7 Å². The highest BCUT2D eigenvalue weighted by Crippen LogP contribution is 2.33. The third kappa shape index (κ3) is 2.71. The van der Waals surface area contributed by atoms with E-state index in [1.54, 1.807) is 0 Å². The van der Waals surface area contributed by atoms with Crippen LogP contribution >= 0.6 is 0 Å². The zero-order chi connectivity index (χ0) is 18.2. The van der Waals surface area contributed by atoms with Gasteiger partial charge in [-0.1, -0.05) is 29.3 Å². The number of carbonyl (C=O) groups excluding carboxylic acids is 3. The molecule has 128 valence electrons. The fraction of sp³-hybridized carbons (Fsp3) is 0.118. The summed E-state index contributed by atoms with van der Waals surface area (Å²) in [6.07, 6.45) is 0. The Balaban J connectivity index is 1.85. The van der Waals surface area contributed by atoms with E-state index in [1.165, 1.54) is 43.5 Å². The SMILES string of the molecule is COc1cccc(C(F)(F)C(=O)ON2C(=O)c3ccccc3C2=O)c1. The van der Waals surface area contributed by atoms with Crippen LogP contribution in [-0.2, 0) is 15.6 Å². The summed E-state index contributed by atoms with van der Waals surface area (Å²) in [5, 5.41) is 0.0427. The average molecular weight is 347 g/mol. The maximum Gasteiger partial charge on any atom is 0.407 e. The van der Waals surface area contributed by atoms with E-state index in [-0.39, 0.29) is 21.9 Å². The van der Waals surface area contributed by atoms with Crippen molar-refractivity contribution in [3.63, 3.8) is 0 Å². The number of imide groups is 1. The predicted octanol–water partition coefficient (Wildman–Crippen LogP) is 2.54. The second-order valence-electron chi connectivity index (χ2n) is 5.14. The second kappa shape index (κ2) is 5.97. The molecule has 0 unspecified atom stereocenters. The first kappa shape index (κ1) is 16.6. The van der Waals surface area contributed by atoms with Crippen LogP contribution in [0.1, 0.15) is 26.3 Å². The fourth-order valence-corrected chi connectivity index (χ4v) is 2.33. The van der Waals surface area contributed by atoms with Gasteiger partial charge < -0.3 is 9.57 Å². The summed E-state index contributed by atoms with van der Waals surface area (Å²) in [4.78, 5) is 40.5. The zero-order valence-corrected chi connectivity index (χ0v) is 12.9. The van der Waals surface area contributed by atoms with Crippen LogP contribution in [0.5, 0.6) is 5.75 Å². The lowest BCUT2D eigenvalue weighted by Gasteiger charge is -2.19. The number of carbonyl (C=O) groups is 3. The van der Waals surface area contributed by atoms with Crippen molar-refractivity contribution >= 4 is 17.8 Å². The predicted molar refractivity (Wildman–Crippen MR) is 79.9 cm³/mol. The Bertz CT molecular complexity index is 846. The van der Waals surface area contributed by atoms with Crippen LogP contribution in [0.4, 0.5) is 8.78 Å². The molecule has 0 N–H and O–H groups in total. The Kier molecular flexibility index (Phi) is 3.96. The van der Waals surface area contributed by atoms with E-state index in [2.05, 4.69) is 4.84 Å². The van der Waals surface area contributed by atoms with Crippen LogP contribution < -0.4 is 4.74 Å². The van der Waals surface area contributed by atoms with Crippen molar-refractivity contribution in [2.45, 2.75) is 5.92 Å². The van der Waals surface area contributed by atoms with Gasteiger partial charge in [0.1, 0.15) is 5.75 Å². The molecule has 0 aliphatic carbocycles. The molecule has 2 aromatic carbocycles. The molecule has 0 radical (unpaired) electrons. The van der Waals surface area contributed by atoms with Crippen molar-refractivity contribution in [2.75, 3.05) is 7.11 Å². The summed E-state index contributed by atoms with van der Waals surface area (Å²) >= 11 is 0. The molecule has 0 spiro atoms. The first-order chi connectivity index (χ1) is 11.9. The monoisotopic (exact) mass is 347 g/mol. The summed E-state index contributed by atoms with van der Waals surface area (Å²) in [6, 6.07) is 10.3. The highest BCUT2D eigenvalue weighted by Gasteiger charge is 2.48. The van der Waals surface area contributed by atoms with E-state index in [4.69, 9.17) is 4.74 Å². The lowest BCUT2D eigenvalue weighted by atomic mass is 10.1. The smallest absolute Gasteiger partial charge is 0.407 e. The molecule has 1 aliphatic heterocycles. The minimum atomic E-state index is -4.08. The number of halogens is 2. The highest BCUT2D eigenvalue weighted by molar-refractivity contribution is 6.20. The van der Waals surface area contributed by atoms with Gasteiger partial charge in [0, 0.05) is 5.56 Å². The number of hydrogen-bond acceptors (Lipinski definition) is 5. The number of hydroxylamine groups is 2. The number of methoxy groups -OCH3 is 1. The van der Waals surface area contributed by atoms with E-state index >= 15 is 0 Å². The summed E-state index contributed by atoms with van der Waals surface area (Å²) in [5.74, 6) is -7.96. The van der Waals surface area contributed by atoms with Crippen LogP contribution in [0.25, 0.3) is 0 Å². The molecule has 0 fully saturated rings. The molecular formula is C17H11F2NO5. The molecule has 2 aromatic rings. The van der Waals surface area contributed by atoms with E-state index in [0.717, 1.165) is 12.1 Å². The molecule has 0 saturated carbocycles. The van der Waals surface area contributed by atoms with Gasteiger partial charge in [-0.25, -0.2) is 4.79 Å². The summed E-state index contributed by atoms with van der Waals surface area (Å²) in [7, 11) is 1.29. The molecule has 3 rings (SSSR count). The average Bonchev–Trinajstić information content (AvgIpc) is 2.87. The normalized spacial score (nSPS) is 13.6. The number of benzene rings is 2. The maximum atomic E-state index is 14.3. The lowest BCUT2D eigenvalue weighted by molar-refractivity contribution is -0.198. The van der Waals surface area contributed by atoms with Crippen molar-refractivity contribution in [1.29, 1.82) is 0 Å². The van der Waals surface area contributed by atoms with Crippen LogP contribution in [-0.4, -0.2) is 30.0 Å². The van der Waals surface area contributed by atoms with Crippen LogP contribution in [0.3, 0.4) is 0 Å². The number of alkyl halides is 2. The number of amides is 2. The summed E-state index contributed by atoms with van der Waals surface area (Å²) < 4.78 is 33.5. The molecule has 8 heteroatoms. The van der Waals surface area contributed by atoms with Crippen molar-refractivity contribution in [3.8, 4) is 5.75 Å². The largest absolute Gasteiger partial charge is 0.497 e. The molecule has 1 aliphatic rings. The molecule has 0 saturated heterocycles. The number of hydrogen-bond donors (Lipinski definition) is 0. The zero-order valence-electron chi connectivity index (χ0n) is 12.9. The highest BCUT2D eigenvalue weighted by atomic mass is 19.3. The van der Waals surface area contributed by atoms with Gasteiger partial charge in [-0.15, -0.1) is 0 Å². The standard InChI is InChI=1S/C17H11F2NO5/c1-24-11-6-4-5-10(9-11)17(18,19)16(23)25-20-14(21)12-7-2-3-8-13(12)15(20)22/h2-9H,1H3. The Hall–Kier alpha value is -3.29. The third-order valence-corrected chi connectivity index (χ3v) is 3.62. The molecule has 1 heterocycles. The Morgan fingerprint density at radius 2 is 1.60 bits per heavy atom. The Morgan fingerprint density at radius 3 is 2.16 bits per heavy atom. The van der Waals surface area contributed by atoms with Gasteiger partial charge in [0.15, 0.2) is 0 Å². The number of rotatable bonds is 4. The second-order valence-corrected chi connectivity index (χ2v) is 5.14. The summed E-state index contributed by atoms with van der Waals surface area (Å²) in [6.45, 7) is 0. The number of nitrogens with zero attached hydrogens (tertiary/aromatic N) is 1.